The number of methoxy groups -OCH3 is 1. The molecule has 0 fully saturated rings. The van der Waals surface area contributed by atoms with E-state index in [-0.39, 0.29) is 0 Å². The fraction of sp³-hybridized carbons (Fsp3) is 0.600. The Balaban J connectivity index is 2.43. The lowest BCUT2D eigenvalue weighted by atomic mass is 10.3. The van der Waals surface area contributed by atoms with Crippen LogP contribution in [0.2, 0.25) is 0 Å². The Labute approximate surface area is 125 Å². The van der Waals surface area contributed by atoms with Gasteiger partial charge in [-0.05, 0) is 19.1 Å². The van der Waals surface area contributed by atoms with Gasteiger partial charge in [0.2, 0.25) is 0 Å². The first-order valence-corrected chi connectivity index (χ1v) is 7.60. The van der Waals surface area contributed by atoms with E-state index in [0.29, 0.717) is 26.4 Å². The molecule has 20 heavy (non-hydrogen) atoms. The lowest BCUT2D eigenvalue weighted by molar-refractivity contribution is 0.0196. The van der Waals surface area contributed by atoms with Gasteiger partial charge in [-0.25, -0.2) is 0 Å². The molecule has 1 heterocycles. The van der Waals surface area contributed by atoms with E-state index in [1.165, 1.54) is 9.75 Å². The predicted molar refractivity (Wildman–Crippen MR) is 83.2 cm³/mol. The summed E-state index contributed by atoms with van der Waals surface area (Å²) in [6, 6.07) is 4.26. The smallest absolute Gasteiger partial charge is 0.0900 e. The normalized spacial score (nSPS) is 12.8. The maximum Gasteiger partial charge on any atom is 0.0900 e. The molecule has 0 bridgehead atoms. The van der Waals surface area contributed by atoms with Gasteiger partial charge in [-0.1, -0.05) is 6.08 Å². The van der Waals surface area contributed by atoms with Crippen molar-refractivity contribution in [2.45, 2.75) is 19.6 Å². The van der Waals surface area contributed by atoms with Crippen molar-refractivity contribution in [3.8, 4) is 0 Å². The maximum atomic E-state index is 9.99. The van der Waals surface area contributed by atoms with Gasteiger partial charge in [0, 0.05) is 36.5 Å². The highest BCUT2D eigenvalue weighted by Gasteiger charge is 2.13. The summed E-state index contributed by atoms with van der Waals surface area (Å²) in [5.74, 6) is 0. The van der Waals surface area contributed by atoms with Crippen molar-refractivity contribution < 1.29 is 14.6 Å². The molecule has 1 N–H and O–H groups in total. The average molecular weight is 299 g/mol. The first-order chi connectivity index (χ1) is 9.65. The molecule has 5 heteroatoms. The van der Waals surface area contributed by atoms with Crippen LogP contribution in [0.15, 0.2) is 24.8 Å². The number of ether oxygens (including phenoxy) is 2. The Morgan fingerprint density at radius 1 is 1.50 bits per heavy atom. The zero-order valence-electron chi connectivity index (χ0n) is 12.4. The Hall–Kier alpha value is -0.720. The summed E-state index contributed by atoms with van der Waals surface area (Å²) >= 11 is 1.79. The van der Waals surface area contributed by atoms with Crippen LogP contribution < -0.4 is 0 Å². The van der Waals surface area contributed by atoms with Crippen molar-refractivity contribution in [1.82, 2.24) is 4.90 Å². The van der Waals surface area contributed by atoms with Crippen LogP contribution in [-0.4, -0.2) is 56.1 Å². The lowest BCUT2D eigenvalue weighted by Crippen LogP contribution is -2.36. The van der Waals surface area contributed by atoms with E-state index in [2.05, 4.69) is 30.5 Å². The van der Waals surface area contributed by atoms with Gasteiger partial charge in [-0.3, -0.25) is 4.90 Å². The number of hydrogen-bond acceptors (Lipinski definition) is 5. The van der Waals surface area contributed by atoms with Crippen LogP contribution in [0.5, 0.6) is 0 Å². The number of nitrogens with zero attached hydrogens (tertiary/aromatic N) is 1. The topological polar surface area (TPSA) is 41.9 Å². The molecule has 4 nitrogen and oxygen atoms in total. The molecule has 1 unspecified atom stereocenters. The zero-order chi connectivity index (χ0) is 14.8. The Morgan fingerprint density at radius 3 is 2.90 bits per heavy atom. The summed E-state index contributed by atoms with van der Waals surface area (Å²) in [7, 11) is 1.69. The van der Waals surface area contributed by atoms with Gasteiger partial charge in [0.25, 0.3) is 0 Å². The number of hydrogen-bond donors (Lipinski definition) is 1. The number of rotatable bonds is 11. The van der Waals surface area contributed by atoms with E-state index >= 15 is 0 Å². The fourth-order valence-corrected chi connectivity index (χ4v) is 2.82. The van der Waals surface area contributed by atoms with Crippen molar-refractivity contribution in [2.75, 3.05) is 40.0 Å². The quantitative estimate of drug-likeness (QED) is 0.502. The highest BCUT2D eigenvalue weighted by Crippen LogP contribution is 2.17. The van der Waals surface area contributed by atoms with E-state index in [9.17, 15) is 5.11 Å². The second-order valence-electron chi connectivity index (χ2n) is 4.72. The first-order valence-electron chi connectivity index (χ1n) is 6.79. The molecule has 0 saturated heterocycles. The Morgan fingerprint density at radius 2 is 2.30 bits per heavy atom. The van der Waals surface area contributed by atoms with Gasteiger partial charge in [0.15, 0.2) is 0 Å². The highest BCUT2D eigenvalue weighted by molar-refractivity contribution is 7.11. The average Bonchev–Trinajstić information content (AvgIpc) is 2.81. The second-order valence-corrected chi connectivity index (χ2v) is 6.09. The van der Waals surface area contributed by atoms with Crippen LogP contribution in [-0.2, 0) is 16.0 Å². The molecule has 0 aromatic carbocycles. The third kappa shape index (κ3) is 7.17. The van der Waals surface area contributed by atoms with Crippen molar-refractivity contribution >= 4 is 11.3 Å². The van der Waals surface area contributed by atoms with E-state index in [0.717, 1.165) is 13.1 Å². The monoisotopic (exact) mass is 299 g/mol. The van der Waals surface area contributed by atoms with Crippen LogP contribution in [0.1, 0.15) is 9.75 Å². The van der Waals surface area contributed by atoms with Gasteiger partial charge in [0.1, 0.15) is 0 Å². The molecule has 1 aromatic heterocycles. The van der Waals surface area contributed by atoms with Gasteiger partial charge in [0.05, 0.1) is 25.9 Å². The van der Waals surface area contributed by atoms with E-state index < -0.39 is 6.10 Å². The second kappa shape index (κ2) is 10.1. The predicted octanol–water partition coefficient (Wildman–Crippen LogP) is 2.07. The van der Waals surface area contributed by atoms with Crippen LogP contribution in [0.4, 0.5) is 0 Å². The minimum absolute atomic E-state index is 0.332. The minimum Gasteiger partial charge on any atom is -0.389 e. The molecule has 0 radical (unpaired) electrons. The molecule has 1 atom stereocenters. The summed E-state index contributed by atoms with van der Waals surface area (Å²) in [6.45, 7) is 9.36. The molecule has 0 aliphatic heterocycles. The van der Waals surface area contributed by atoms with Crippen LogP contribution in [0.3, 0.4) is 0 Å². The maximum absolute atomic E-state index is 9.99. The molecule has 0 aliphatic carbocycles. The Kier molecular flexibility index (Phi) is 8.73. The summed E-state index contributed by atoms with van der Waals surface area (Å²) in [5.41, 5.74) is 0. The van der Waals surface area contributed by atoms with Gasteiger partial charge < -0.3 is 14.6 Å². The van der Waals surface area contributed by atoms with Crippen LogP contribution in [0.25, 0.3) is 0 Å². The molecule has 1 aromatic rings. The van der Waals surface area contributed by atoms with E-state index in [4.69, 9.17) is 9.47 Å². The molecule has 0 saturated carbocycles. The number of aliphatic hydroxyl groups is 1. The molecule has 0 aliphatic rings. The first kappa shape index (κ1) is 17.3. The van der Waals surface area contributed by atoms with Crippen molar-refractivity contribution in [3.05, 3.63) is 34.5 Å². The van der Waals surface area contributed by atoms with Crippen LogP contribution >= 0.6 is 11.3 Å². The number of aryl methyl sites for hydroxylation is 1. The van der Waals surface area contributed by atoms with Gasteiger partial charge >= 0.3 is 0 Å². The van der Waals surface area contributed by atoms with Crippen LogP contribution in [0, 0.1) is 6.92 Å². The number of aliphatic hydroxyl groups excluding tert-OH is 1. The Bertz CT molecular complexity index is 381. The SMILES string of the molecule is C=CCOCC(O)CN(CCOC)Cc1ccc(C)s1. The third-order valence-corrected chi connectivity index (χ3v) is 3.79. The molecular formula is C15H25NO3S. The summed E-state index contributed by atoms with van der Waals surface area (Å²) in [4.78, 5) is 4.80. The molecule has 1 rings (SSSR count). The van der Waals surface area contributed by atoms with Gasteiger partial charge in [-0.2, -0.15) is 0 Å². The summed E-state index contributed by atoms with van der Waals surface area (Å²) in [5, 5.41) is 9.99. The molecular weight excluding hydrogens is 274 g/mol. The highest BCUT2D eigenvalue weighted by atomic mass is 32.1. The van der Waals surface area contributed by atoms with Crippen molar-refractivity contribution in [3.63, 3.8) is 0 Å². The largest absolute Gasteiger partial charge is 0.389 e. The molecule has 0 spiro atoms. The summed E-state index contributed by atoms with van der Waals surface area (Å²) < 4.78 is 10.4. The van der Waals surface area contributed by atoms with E-state index in [1.807, 2.05) is 0 Å². The zero-order valence-corrected chi connectivity index (χ0v) is 13.2. The van der Waals surface area contributed by atoms with E-state index in [1.54, 1.807) is 24.5 Å². The standard InChI is InChI=1S/C15H25NO3S/c1-4-8-19-12-14(17)10-16(7-9-18-3)11-15-6-5-13(2)20-15/h4-6,14,17H,1,7-12H2,2-3H3. The third-order valence-electron chi connectivity index (χ3n) is 2.80. The van der Waals surface area contributed by atoms with Crippen molar-refractivity contribution in [1.29, 1.82) is 0 Å². The molecule has 114 valence electrons. The van der Waals surface area contributed by atoms with Crippen molar-refractivity contribution in [2.24, 2.45) is 0 Å². The lowest BCUT2D eigenvalue weighted by Gasteiger charge is -2.24. The number of thiophene rings is 1. The molecule has 0 amide bonds. The summed E-state index contributed by atoms with van der Waals surface area (Å²) in [6.07, 6.45) is 1.19. The van der Waals surface area contributed by atoms with Gasteiger partial charge in [-0.15, -0.1) is 17.9 Å². The fourth-order valence-electron chi connectivity index (χ4n) is 1.88. The minimum atomic E-state index is -0.493.